The van der Waals surface area contributed by atoms with Crippen LogP contribution >= 0.6 is 11.3 Å². The van der Waals surface area contributed by atoms with Crippen LogP contribution in [0.4, 0.5) is 0 Å². The van der Waals surface area contributed by atoms with Gasteiger partial charge in [-0.2, -0.15) is 8.42 Å². The van der Waals surface area contributed by atoms with E-state index in [0.29, 0.717) is 5.01 Å². The third-order valence-electron chi connectivity index (χ3n) is 4.92. The number of hydrogen-bond acceptors (Lipinski definition) is 7. The average molecular weight is 467 g/mol. The number of fused-ring (bicyclic) bond motifs is 3. The Labute approximate surface area is 190 Å². The maximum atomic E-state index is 13.2. The average Bonchev–Trinajstić information content (AvgIpc) is 3.18. The van der Waals surface area contributed by atoms with Crippen LogP contribution in [-0.2, 0) is 19.2 Å². The zero-order valence-electron chi connectivity index (χ0n) is 18.1. The topological polar surface area (TPSA) is 85.7 Å². The molecule has 6 nitrogen and oxygen atoms in total. The highest BCUT2D eigenvalue weighted by Gasteiger charge is 2.31. The molecule has 1 heterocycles. The number of nitrogens with zero attached hydrogens (tertiary/aromatic N) is 2. The molecular formula is C24H22N2O4S2. The number of hydrogen-bond donors (Lipinski definition) is 0. The molecule has 8 heteroatoms. The first-order chi connectivity index (χ1) is 15.1. The van der Waals surface area contributed by atoms with Crippen molar-refractivity contribution in [2.24, 2.45) is 10.6 Å². The number of oxime groups is 1. The Bertz CT molecular complexity index is 1460. The number of carbonyl (C=O) groups is 1. The Kier molecular flexibility index (Phi) is 5.60. The molecule has 0 saturated carbocycles. The lowest BCUT2D eigenvalue weighted by atomic mass is 9.88. The van der Waals surface area contributed by atoms with Crippen molar-refractivity contribution in [3.05, 3.63) is 71.2 Å². The highest BCUT2D eigenvalue weighted by Crippen LogP contribution is 2.31. The normalized spacial score (nSPS) is 12.9. The van der Waals surface area contributed by atoms with Gasteiger partial charge in [0.05, 0.1) is 10.2 Å². The second-order valence-electron chi connectivity index (χ2n) is 8.51. The van der Waals surface area contributed by atoms with Gasteiger partial charge in [0.2, 0.25) is 0 Å². The second-order valence-corrected chi connectivity index (χ2v) is 11.1. The molecule has 0 bridgehead atoms. The Hall–Kier alpha value is -3.10. The van der Waals surface area contributed by atoms with Crippen LogP contribution in [0.25, 0.3) is 21.0 Å². The molecule has 0 radical (unpaired) electrons. The van der Waals surface area contributed by atoms with Crippen LogP contribution in [0.1, 0.15) is 31.3 Å². The molecule has 0 aliphatic carbocycles. The van der Waals surface area contributed by atoms with Crippen molar-refractivity contribution < 1.29 is 17.5 Å². The molecule has 1 aromatic heterocycles. The van der Waals surface area contributed by atoms with Gasteiger partial charge in [0.1, 0.15) is 9.90 Å². The molecule has 4 rings (SSSR count). The van der Waals surface area contributed by atoms with E-state index in [1.54, 1.807) is 32.9 Å². The SMILES string of the molecule is Cc1ccc(S(=O)(=O)O/N=C(\C(=O)C(C)(C)C)c2nc3c(ccc4ccccc43)s2)cc1. The van der Waals surface area contributed by atoms with E-state index in [2.05, 4.69) is 10.1 Å². The lowest BCUT2D eigenvalue weighted by Gasteiger charge is -2.16. The quantitative estimate of drug-likeness (QED) is 0.287. The summed E-state index contributed by atoms with van der Waals surface area (Å²) in [5.41, 5.74) is 0.727. The maximum Gasteiger partial charge on any atom is 0.358 e. The monoisotopic (exact) mass is 466 g/mol. The van der Waals surface area contributed by atoms with Gasteiger partial charge >= 0.3 is 10.1 Å². The van der Waals surface area contributed by atoms with Gasteiger partial charge < -0.3 is 0 Å². The first-order valence-electron chi connectivity index (χ1n) is 9.98. The Morgan fingerprint density at radius 3 is 2.38 bits per heavy atom. The number of ketones is 1. The number of Topliss-reactive ketones (excluding diaryl/α,β-unsaturated/α-hetero) is 1. The van der Waals surface area contributed by atoms with E-state index < -0.39 is 15.5 Å². The fourth-order valence-corrected chi connectivity index (χ4v) is 4.82. The lowest BCUT2D eigenvalue weighted by molar-refractivity contribution is -0.119. The van der Waals surface area contributed by atoms with E-state index in [1.807, 2.05) is 43.3 Å². The van der Waals surface area contributed by atoms with Gasteiger partial charge in [-0.1, -0.05) is 74.0 Å². The summed E-state index contributed by atoms with van der Waals surface area (Å²) in [5, 5.41) is 6.12. The molecule has 4 aromatic rings. The van der Waals surface area contributed by atoms with Crippen molar-refractivity contribution in [3.63, 3.8) is 0 Å². The third kappa shape index (κ3) is 4.28. The van der Waals surface area contributed by atoms with E-state index in [9.17, 15) is 13.2 Å². The van der Waals surface area contributed by atoms with E-state index in [0.717, 1.165) is 26.6 Å². The van der Waals surface area contributed by atoms with E-state index in [-0.39, 0.29) is 16.4 Å². The number of aryl methyl sites for hydroxylation is 1. The molecule has 3 aromatic carbocycles. The number of aromatic nitrogens is 1. The Morgan fingerprint density at radius 1 is 1.00 bits per heavy atom. The summed E-state index contributed by atoms with van der Waals surface area (Å²) in [6.45, 7) is 7.07. The van der Waals surface area contributed by atoms with Crippen molar-refractivity contribution in [1.29, 1.82) is 0 Å². The zero-order chi connectivity index (χ0) is 23.1. The van der Waals surface area contributed by atoms with Gasteiger partial charge in [-0.25, -0.2) is 4.98 Å². The van der Waals surface area contributed by atoms with E-state index in [1.165, 1.54) is 23.5 Å². The summed E-state index contributed by atoms with van der Waals surface area (Å²) in [6, 6.07) is 17.9. The molecule has 0 unspecified atom stereocenters. The highest BCUT2D eigenvalue weighted by atomic mass is 32.2. The first-order valence-corrected chi connectivity index (χ1v) is 12.2. The summed E-state index contributed by atoms with van der Waals surface area (Å²) in [6.07, 6.45) is 0. The molecule has 0 atom stereocenters. The molecule has 0 aliphatic rings. The van der Waals surface area contributed by atoms with Gasteiger partial charge in [0, 0.05) is 10.8 Å². The molecule has 0 N–H and O–H groups in total. The molecule has 0 aliphatic heterocycles. The van der Waals surface area contributed by atoms with E-state index >= 15 is 0 Å². The van der Waals surface area contributed by atoms with Crippen molar-refractivity contribution in [1.82, 2.24) is 4.98 Å². The molecule has 0 spiro atoms. The molecule has 0 amide bonds. The largest absolute Gasteiger partial charge is 0.358 e. The van der Waals surface area contributed by atoms with Gasteiger partial charge in [-0.05, 0) is 30.5 Å². The maximum absolute atomic E-state index is 13.2. The van der Waals surface area contributed by atoms with Crippen molar-refractivity contribution >= 4 is 53.9 Å². The minimum Gasteiger partial charge on any atom is -0.292 e. The van der Waals surface area contributed by atoms with Crippen molar-refractivity contribution in [2.45, 2.75) is 32.6 Å². The number of benzene rings is 3. The number of carbonyl (C=O) groups excluding carboxylic acids is 1. The van der Waals surface area contributed by atoms with Crippen LogP contribution < -0.4 is 0 Å². The molecular weight excluding hydrogens is 444 g/mol. The third-order valence-corrected chi connectivity index (χ3v) is 7.07. The van der Waals surface area contributed by atoms with Crippen LogP contribution in [0.15, 0.2) is 70.7 Å². The van der Waals surface area contributed by atoms with Crippen LogP contribution in [0.5, 0.6) is 0 Å². The predicted octanol–water partition coefficient (Wildman–Crippen LogP) is 5.48. The number of thiazole rings is 1. The van der Waals surface area contributed by atoms with Gasteiger partial charge in [0.25, 0.3) is 0 Å². The predicted molar refractivity (Wildman–Crippen MR) is 128 cm³/mol. The summed E-state index contributed by atoms with van der Waals surface area (Å²) >= 11 is 1.28. The molecule has 32 heavy (non-hydrogen) atoms. The fourth-order valence-electron chi connectivity index (χ4n) is 3.13. The van der Waals surface area contributed by atoms with Crippen molar-refractivity contribution in [2.75, 3.05) is 0 Å². The highest BCUT2D eigenvalue weighted by molar-refractivity contribution is 7.86. The molecule has 164 valence electrons. The lowest BCUT2D eigenvalue weighted by Crippen LogP contribution is -2.29. The summed E-state index contributed by atoms with van der Waals surface area (Å²) < 4.78 is 31.1. The fraction of sp³-hybridized carbons (Fsp3) is 0.208. The van der Waals surface area contributed by atoms with Gasteiger partial charge in [-0.3, -0.25) is 9.08 Å². The van der Waals surface area contributed by atoms with Gasteiger partial charge in [0.15, 0.2) is 11.5 Å². The minimum atomic E-state index is -4.19. The van der Waals surface area contributed by atoms with Crippen LogP contribution in [-0.4, -0.2) is 24.9 Å². The van der Waals surface area contributed by atoms with Gasteiger partial charge in [-0.15, -0.1) is 11.3 Å². The van der Waals surface area contributed by atoms with E-state index in [4.69, 9.17) is 4.28 Å². The smallest absolute Gasteiger partial charge is 0.292 e. The number of rotatable bonds is 5. The second kappa shape index (κ2) is 8.11. The Balaban J connectivity index is 1.82. The molecule has 0 saturated heterocycles. The standard InChI is InChI=1S/C24H22N2O4S2/c1-15-9-12-17(13-10-15)32(28,29)30-26-21(22(27)24(2,3)4)23-25-20-18-8-6-5-7-16(18)11-14-19(20)31-23/h5-14H,1-4H3/b26-21+. The summed E-state index contributed by atoms with van der Waals surface area (Å²) in [7, 11) is -4.19. The summed E-state index contributed by atoms with van der Waals surface area (Å²) in [5.74, 6) is -0.361. The van der Waals surface area contributed by atoms with Crippen LogP contribution in [0.3, 0.4) is 0 Å². The Morgan fingerprint density at radius 2 is 1.69 bits per heavy atom. The van der Waals surface area contributed by atoms with Crippen LogP contribution in [0, 0.1) is 12.3 Å². The molecule has 0 fully saturated rings. The van der Waals surface area contributed by atoms with Crippen LogP contribution in [0.2, 0.25) is 0 Å². The summed E-state index contributed by atoms with van der Waals surface area (Å²) in [4.78, 5) is 17.8. The first kappa shape index (κ1) is 22.1. The zero-order valence-corrected chi connectivity index (χ0v) is 19.8. The minimum absolute atomic E-state index is 0.0373. The van der Waals surface area contributed by atoms with Crippen molar-refractivity contribution in [3.8, 4) is 0 Å².